The number of piperazine rings is 1. The Morgan fingerprint density at radius 2 is 1.24 bits per heavy atom. The summed E-state index contributed by atoms with van der Waals surface area (Å²) in [6, 6.07) is 18.8. The van der Waals surface area contributed by atoms with Gasteiger partial charge in [-0.1, -0.05) is 41.9 Å². The van der Waals surface area contributed by atoms with Crippen LogP contribution in [0.3, 0.4) is 0 Å². The SMILES string of the molecule is O=C(Nc1ccc(Cl)cc1)N[C@@H](C(=O)N1CCN(c2ccncc2)CC1)c1ccccc1.O=C(O)C(F)(F)F.O=C(O)C(F)(F)F. The molecule has 46 heavy (non-hydrogen) atoms. The van der Waals surface area contributed by atoms with E-state index in [2.05, 4.69) is 20.5 Å². The molecule has 248 valence electrons. The van der Waals surface area contributed by atoms with E-state index in [1.54, 1.807) is 41.6 Å². The number of carbonyl (C=O) groups excluding carboxylic acids is 2. The molecule has 3 aromatic rings. The van der Waals surface area contributed by atoms with Gasteiger partial charge in [0.2, 0.25) is 5.91 Å². The minimum atomic E-state index is -5.08. The van der Waals surface area contributed by atoms with Crippen LogP contribution in [0, 0.1) is 0 Å². The van der Waals surface area contributed by atoms with E-state index in [1.807, 2.05) is 42.5 Å². The van der Waals surface area contributed by atoms with E-state index in [0.717, 1.165) is 11.3 Å². The summed E-state index contributed by atoms with van der Waals surface area (Å²) in [4.78, 5) is 52.0. The van der Waals surface area contributed by atoms with Gasteiger partial charge in [0.05, 0.1) is 0 Å². The lowest BCUT2D eigenvalue weighted by molar-refractivity contribution is -0.193. The van der Waals surface area contributed by atoms with E-state index in [0.29, 0.717) is 36.9 Å². The highest BCUT2D eigenvalue weighted by molar-refractivity contribution is 6.30. The maximum absolute atomic E-state index is 13.4. The number of carboxylic acid groups (broad SMARTS) is 2. The number of anilines is 2. The molecule has 0 spiro atoms. The van der Waals surface area contributed by atoms with Crippen molar-refractivity contribution in [1.82, 2.24) is 15.2 Å². The van der Waals surface area contributed by atoms with Crippen molar-refractivity contribution in [3.8, 4) is 0 Å². The van der Waals surface area contributed by atoms with Crippen LogP contribution in [-0.4, -0.2) is 82.5 Å². The lowest BCUT2D eigenvalue weighted by atomic mass is 10.1. The Hall–Kier alpha value is -5.06. The van der Waals surface area contributed by atoms with Gasteiger partial charge in [-0.25, -0.2) is 14.4 Å². The smallest absolute Gasteiger partial charge is 0.475 e. The van der Waals surface area contributed by atoms with Crippen LogP contribution in [0.1, 0.15) is 11.6 Å². The molecule has 0 bridgehead atoms. The number of urea groups is 1. The Bertz CT molecular complexity index is 1420. The lowest BCUT2D eigenvalue weighted by Crippen LogP contribution is -2.52. The van der Waals surface area contributed by atoms with Crippen molar-refractivity contribution in [3.63, 3.8) is 0 Å². The largest absolute Gasteiger partial charge is 0.490 e. The zero-order valence-corrected chi connectivity index (χ0v) is 24.2. The first-order valence-electron chi connectivity index (χ1n) is 12.9. The highest BCUT2D eigenvalue weighted by Crippen LogP contribution is 2.21. The summed E-state index contributed by atoms with van der Waals surface area (Å²) in [6.45, 7) is 2.58. The molecule has 0 saturated carbocycles. The number of pyridine rings is 1. The van der Waals surface area contributed by atoms with Crippen LogP contribution < -0.4 is 15.5 Å². The zero-order chi connectivity index (χ0) is 34.5. The molecule has 1 aliphatic heterocycles. The van der Waals surface area contributed by atoms with Crippen LogP contribution in [0.5, 0.6) is 0 Å². The van der Waals surface area contributed by atoms with E-state index in [-0.39, 0.29) is 5.91 Å². The molecule has 11 nitrogen and oxygen atoms in total. The third-order valence-electron chi connectivity index (χ3n) is 5.86. The van der Waals surface area contributed by atoms with Gasteiger partial charge >= 0.3 is 30.3 Å². The monoisotopic (exact) mass is 677 g/mol. The predicted octanol–water partition coefficient (Wildman–Crippen LogP) is 5.21. The molecule has 2 heterocycles. The fourth-order valence-corrected chi connectivity index (χ4v) is 3.81. The second kappa shape index (κ2) is 16.9. The first-order valence-corrected chi connectivity index (χ1v) is 13.3. The topological polar surface area (TPSA) is 152 Å². The highest BCUT2D eigenvalue weighted by atomic mass is 35.5. The summed E-state index contributed by atoms with van der Waals surface area (Å²) in [6.07, 6.45) is -6.64. The average Bonchev–Trinajstić information content (AvgIpc) is 3.01. The molecule has 18 heteroatoms. The maximum Gasteiger partial charge on any atom is 0.490 e. The lowest BCUT2D eigenvalue weighted by Gasteiger charge is -2.37. The van der Waals surface area contributed by atoms with Crippen LogP contribution in [0.15, 0.2) is 79.1 Å². The number of amides is 3. The van der Waals surface area contributed by atoms with Crippen molar-refractivity contribution in [2.24, 2.45) is 0 Å². The summed E-state index contributed by atoms with van der Waals surface area (Å²) >= 11 is 5.90. The summed E-state index contributed by atoms with van der Waals surface area (Å²) in [5.41, 5.74) is 2.42. The van der Waals surface area contributed by atoms with Gasteiger partial charge in [-0.2, -0.15) is 26.3 Å². The number of halogens is 7. The molecule has 1 saturated heterocycles. The van der Waals surface area contributed by atoms with Gasteiger partial charge in [0.25, 0.3) is 0 Å². The number of rotatable bonds is 5. The van der Waals surface area contributed by atoms with Crippen LogP contribution in [0.2, 0.25) is 5.02 Å². The Morgan fingerprint density at radius 1 is 0.761 bits per heavy atom. The van der Waals surface area contributed by atoms with Gasteiger partial charge in [0.15, 0.2) is 0 Å². The van der Waals surface area contributed by atoms with Gasteiger partial charge < -0.3 is 30.6 Å². The predicted molar refractivity (Wildman–Crippen MR) is 153 cm³/mol. The molecular formula is C28H26ClF6N5O6. The quantitative estimate of drug-likeness (QED) is 0.269. The van der Waals surface area contributed by atoms with E-state index in [4.69, 9.17) is 31.4 Å². The molecule has 4 N–H and O–H groups in total. The standard InChI is InChI=1S/C24H24ClN5O2.2C2HF3O2/c25-19-6-8-20(9-7-19)27-24(32)28-22(18-4-2-1-3-5-18)23(31)30-16-14-29(15-17-30)21-10-12-26-13-11-21;2*3-2(4,5)1(6)7/h1-13,22H,14-17H2,(H2,27,28,32);2*(H,6,7)/t22-;;/m1../s1. The van der Waals surface area contributed by atoms with Gasteiger partial charge in [0.1, 0.15) is 6.04 Å². The highest BCUT2D eigenvalue weighted by Gasteiger charge is 2.39. The Balaban J connectivity index is 0.000000440. The minimum Gasteiger partial charge on any atom is -0.475 e. The van der Waals surface area contributed by atoms with Gasteiger partial charge in [0, 0.05) is 55.0 Å². The van der Waals surface area contributed by atoms with Gasteiger partial charge in [-0.15, -0.1) is 0 Å². The van der Waals surface area contributed by atoms with E-state index < -0.39 is 36.4 Å². The second-order valence-corrected chi connectivity index (χ2v) is 9.51. The first-order chi connectivity index (χ1) is 21.5. The molecule has 3 amide bonds. The average molecular weight is 678 g/mol. The second-order valence-electron chi connectivity index (χ2n) is 9.07. The van der Waals surface area contributed by atoms with Crippen LogP contribution in [0.4, 0.5) is 42.5 Å². The van der Waals surface area contributed by atoms with Crippen molar-refractivity contribution in [3.05, 3.63) is 89.7 Å². The van der Waals surface area contributed by atoms with Crippen molar-refractivity contribution < 1.29 is 55.7 Å². The number of nitrogens with one attached hydrogen (secondary N) is 2. The number of benzene rings is 2. The molecule has 0 unspecified atom stereocenters. The van der Waals surface area contributed by atoms with Crippen molar-refractivity contribution in [2.75, 3.05) is 36.4 Å². The molecule has 1 aromatic heterocycles. The van der Waals surface area contributed by atoms with Gasteiger partial charge in [-0.3, -0.25) is 9.78 Å². The normalized spacial score (nSPS) is 13.5. The molecule has 0 radical (unpaired) electrons. The molecule has 2 aromatic carbocycles. The van der Waals surface area contributed by atoms with Crippen LogP contribution in [-0.2, 0) is 14.4 Å². The summed E-state index contributed by atoms with van der Waals surface area (Å²) in [7, 11) is 0. The zero-order valence-electron chi connectivity index (χ0n) is 23.4. The number of hydrogen-bond donors (Lipinski definition) is 4. The first kappa shape index (κ1) is 37.1. The van der Waals surface area contributed by atoms with Gasteiger partial charge in [-0.05, 0) is 42.0 Å². The number of carbonyl (C=O) groups is 4. The summed E-state index contributed by atoms with van der Waals surface area (Å²) < 4.78 is 63.5. The number of carboxylic acids is 2. The Morgan fingerprint density at radius 3 is 1.70 bits per heavy atom. The third-order valence-corrected chi connectivity index (χ3v) is 6.11. The fourth-order valence-electron chi connectivity index (χ4n) is 3.69. The molecule has 0 aliphatic carbocycles. The minimum absolute atomic E-state index is 0.128. The van der Waals surface area contributed by atoms with Crippen molar-refractivity contribution in [1.29, 1.82) is 0 Å². The number of alkyl halides is 6. The molecule has 4 rings (SSSR count). The number of hydrogen-bond acceptors (Lipinski definition) is 6. The maximum atomic E-state index is 13.4. The number of aliphatic carboxylic acids is 2. The van der Waals surface area contributed by atoms with E-state index in [9.17, 15) is 35.9 Å². The summed E-state index contributed by atoms with van der Waals surface area (Å²) in [5.74, 6) is -5.64. The molecule has 1 aliphatic rings. The van der Waals surface area contributed by atoms with Crippen LogP contribution >= 0.6 is 11.6 Å². The molecular weight excluding hydrogens is 652 g/mol. The van der Waals surface area contributed by atoms with Crippen molar-refractivity contribution >= 4 is 46.9 Å². The Labute approximate surface area is 262 Å². The molecule has 1 fully saturated rings. The van der Waals surface area contributed by atoms with E-state index in [1.165, 1.54) is 0 Å². The molecule has 1 atom stereocenters. The van der Waals surface area contributed by atoms with E-state index >= 15 is 0 Å². The third kappa shape index (κ3) is 12.5. The number of aromatic nitrogens is 1. The summed E-state index contributed by atoms with van der Waals surface area (Å²) in [5, 5.41) is 20.4. The number of nitrogens with zero attached hydrogens (tertiary/aromatic N) is 3. The van der Waals surface area contributed by atoms with Crippen molar-refractivity contribution in [2.45, 2.75) is 18.4 Å². The Kier molecular flexibility index (Phi) is 13.6. The fraction of sp³-hybridized carbons (Fsp3) is 0.250. The van der Waals surface area contributed by atoms with Crippen LogP contribution in [0.25, 0.3) is 0 Å².